The summed E-state index contributed by atoms with van der Waals surface area (Å²) in [6.07, 6.45) is 0. The third kappa shape index (κ3) is 4.77. The van der Waals surface area contributed by atoms with Gasteiger partial charge >= 0.3 is 0 Å². The maximum atomic E-state index is 13.7. The molecule has 1 aromatic heterocycles. The molecule has 34 heavy (non-hydrogen) atoms. The summed E-state index contributed by atoms with van der Waals surface area (Å²) in [5.74, 6) is 2.21. The van der Waals surface area contributed by atoms with Crippen molar-refractivity contribution >= 4 is 15.7 Å². The first-order valence-corrected chi connectivity index (χ1v) is 12.1. The van der Waals surface area contributed by atoms with Crippen LogP contribution in [0.2, 0.25) is 0 Å². The lowest BCUT2D eigenvalue weighted by Gasteiger charge is -2.24. The average molecular weight is 479 g/mol. The standard InChI is InChI=1S/C26H26N2O5S/c1-18-5-7-20(8-6-18)26-27-25(19(2)33-26)17-28(21-9-11-22(31-3)12-10-21)34(29,30)24-15-13-23(32-4)14-16-24/h5-16H,17H2,1-4H3. The molecule has 0 fully saturated rings. The number of rotatable bonds is 8. The fraction of sp³-hybridized carbons (Fsp3) is 0.192. The molecule has 1 heterocycles. The van der Waals surface area contributed by atoms with Crippen LogP contribution in [0.1, 0.15) is 17.0 Å². The van der Waals surface area contributed by atoms with Crippen LogP contribution in [0.5, 0.6) is 11.5 Å². The Labute approximate surface area is 199 Å². The van der Waals surface area contributed by atoms with E-state index in [1.807, 2.05) is 31.2 Å². The Balaban J connectivity index is 1.74. The van der Waals surface area contributed by atoms with Crippen molar-refractivity contribution in [3.8, 4) is 23.0 Å². The van der Waals surface area contributed by atoms with Crippen LogP contribution in [0.25, 0.3) is 11.5 Å². The van der Waals surface area contributed by atoms with Crippen LogP contribution in [-0.2, 0) is 16.6 Å². The molecule has 0 spiro atoms. The number of hydrogen-bond donors (Lipinski definition) is 0. The van der Waals surface area contributed by atoms with Crippen LogP contribution < -0.4 is 13.8 Å². The van der Waals surface area contributed by atoms with Crippen molar-refractivity contribution < 1.29 is 22.3 Å². The van der Waals surface area contributed by atoms with Crippen LogP contribution in [0.3, 0.4) is 0 Å². The Bertz CT molecular complexity index is 1360. The predicted octanol–water partition coefficient (Wildman–Crippen LogP) is 5.37. The molecule has 0 unspecified atom stereocenters. The number of anilines is 1. The Morgan fingerprint density at radius 2 is 1.38 bits per heavy atom. The molecule has 8 heteroatoms. The summed E-state index contributed by atoms with van der Waals surface area (Å²) < 4.78 is 45.0. The largest absolute Gasteiger partial charge is 0.497 e. The van der Waals surface area contributed by atoms with Crippen molar-refractivity contribution in [1.82, 2.24) is 4.98 Å². The molecule has 0 radical (unpaired) electrons. The Kier molecular flexibility index (Phi) is 6.61. The van der Waals surface area contributed by atoms with Crippen molar-refractivity contribution in [2.24, 2.45) is 0 Å². The molecule has 4 aromatic rings. The normalized spacial score (nSPS) is 11.3. The van der Waals surface area contributed by atoms with Gasteiger partial charge < -0.3 is 13.9 Å². The van der Waals surface area contributed by atoms with Crippen molar-refractivity contribution in [3.05, 3.63) is 89.8 Å². The molecule has 0 saturated carbocycles. The van der Waals surface area contributed by atoms with Gasteiger partial charge in [-0.25, -0.2) is 13.4 Å². The van der Waals surface area contributed by atoms with E-state index in [9.17, 15) is 8.42 Å². The molecular weight excluding hydrogens is 452 g/mol. The maximum absolute atomic E-state index is 13.7. The van der Waals surface area contributed by atoms with Crippen molar-refractivity contribution in [1.29, 1.82) is 0 Å². The monoisotopic (exact) mass is 478 g/mol. The van der Waals surface area contributed by atoms with Gasteiger partial charge in [-0.3, -0.25) is 4.31 Å². The molecule has 0 aliphatic rings. The van der Waals surface area contributed by atoms with Gasteiger partial charge in [0.05, 0.1) is 31.3 Å². The van der Waals surface area contributed by atoms with E-state index in [1.54, 1.807) is 50.4 Å². The van der Waals surface area contributed by atoms with Gasteiger partial charge in [0.1, 0.15) is 23.0 Å². The average Bonchev–Trinajstić information content (AvgIpc) is 3.23. The summed E-state index contributed by atoms with van der Waals surface area (Å²) in [4.78, 5) is 4.77. The number of oxazole rings is 1. The molecule has 0 saturated heterocycles. The smallest absolute Gasteiger partial charge is 0.264 e. The van der Waals surface area contributed by atoms with Crippen LogP contribution >= 0.6 is 0 Å². The van der Waals surface area contributed by atoms with Crippen molar-refractivity contribution in [2.45, 2.75) is 25.3 Å². The Morgan fingerprint density at radius 1 is 0.824 bits per heavy atom. The topological polar surface area (TPSA) is 81.9 Å². The van der Waals surface area contributed by atoms with Gasteiger partial charge in [0.2, 0.25) is 5.89 Å². The highest BCUT2D eigenvalue weighted by atomic mass is 32.2. The van der Waals surface area contributed by atoms with Crippen LogP contribution in [0, 0.1) is 13.8 Å². The molecule has 7 nitrogen and oxygen atoms in total. The number of nitrogens with zero attached hydrogens (tertiary/aromatic N) is 2. The molecule has 0 bridgehead atoms. The number of aryl methyl sites for hydroxylation is 2. The fourth-order valence-electron chi connectivity index (χ4n) is 3.47. The number of methoxy groups -OCH3 is 2. The zero-order valence-corrected chi connectivity index (χ0v) is 20.3. The van der Waals surface area contributed by atoms with E-state index >= 15 is 0 Å². The summed E-state index contributed by atoms with van der Waals surface area (Å²) in [7, 11) is -0.824. The Hall–Kier alpha value is -3.78. The van der Waals surface area contributed by atoms with Gasteiger partial charge in [0.25, 0.3) is 10.0 Å². The van der Waals surface area contributed by atoms with E-state index in [4.69, 9.17) is 13.9 Å². The molecule has 3 aromatic carbocycles. The molecule has 176 valence electrons. The van der Waals surface area contributed by atoms with Gasteiger partial charge in [0.15, 0.2) is 0 Å². The zero-order chi connectivity index (χ0) is 24.3. The molecule has 0 atom stereocenters. The molecular formula is C26H26N2O5S. The molecule has 0 amide bonds. The van der Waals surface area contributed by atoms with E-state index in [-0.39, 0.29) is 11.4 Å². The summed E-state index contributed by atoms with van der Waals surface area (Å²) in [6.45, 7) is 3.79. The van der Waals surface area contributed by atoms with Crippen LogP contribution in [0.15, 0.2) is 82.1 Å². The summed E-state index contributed by atoms with van der Waals surface area (Å²) in [5.41, 5.74) is 2.97. The van der Waals surface area contributed by atoms with E-state index in [0.29, 0.717) is 34.5 Å². The minimum atomic E-state index is -3.92. The minimum absolute atomic E-state index is 0.00187. The lowest BCUT2D eigenvalue weighted by molar-refractivity contribution is 0.414. The number of hydrogen-bond acceptors (Lipinski definition) is 6. The number of sulfonamides is 1. The van der Waals surface area contributed by atoms with E-state index in [1.165, 1.54) is 23.5 Å². The van der Waals surface area contributed by atoms with E-state index < -0.39 is 10.0 Å². The highest BCUT2D eigenvalue weighted by Gasteiger charge is 2.27. The number of aromatic nitrogens is 1. The molecule has 0 aliphatic carbocycles. The van der Waals surface area contributed by atoms with E-state index in [0.717, 1.165) is 11.1 Å². The van der Waals surface area contributed by atoms with Gasteiger partial charge in [-0.15, -0.1) is 0 Å². The third-order valence-corrected chi connectivity index (χ3v) is 7.28. The zero-order valence-electron chi connectivity index (χ0n) is 19.5. The third-order valence-electron chi connectivity index (χ3n) is 5.49. The SMILES string of the molecule is COc1ccc(N(Cc2nc(-c3ccc(C)cc3)oc2C)S(=O)(=O)c2ccc(OC)cc2)cc1. The first kappa shape index (κ1) is 23.4. The van der Waals surface area contributed by atoms with Gasteiger partial charge in [0, 0.05) is 5.56 Å². The molecule has 4 rings (SSSR count). The summed E-state index contributed by atoms with van der Waals surface area (Å²) in [5, 5.41) is 0. The van der Waals surface area contributed by atoms with Gasteiger partial charge in [-0.2, -0.15) is 0 Å². The summed E-state index contributed by atoms with van der Waals surface area (Å²) >= 11 is 0. The lowest BCUT2D eigenvalue weighted by atomic mass is 10.1. The number of ether oxygens (including phenoxy) is 2. The first-order chi connectivity index (χ1) is 16.3. The predicted molar refractivity (Wildman–Crippen MR) is 131 cm³/mol. The van der Waals surface area contributed by atoms with Gasteiger partial charge in [-0.1, -0.05) is 17.7 Å². The second-order valence-corrected chi connectivity index (χ2v) is 9.64. The van der Waals surface area contributed by atoms with Crippen molar-refractivity contribution in [3.63, 3.8) is 0 Å². The minimum Gasteiger partial charge on any atom is -0.497 e. The molecule has 0 aliphatic heterocycles. The lowest BCUT2D eigenvalue weighted by Crippen LogP contribution is -2.31. The van der Waals surface area contributed by atoms with Crippen LogP contribution in [-0.4, -0.2) is 27.6 Å². The first-order valence-electron chi connectivity index (χ1n) is 10.7. The quantitative estimate of drug-likeness (QED) is 0.339. The fourth-order valence-corrected chi connectivity index (χ4v) is 4.89. The van der Waals surface area contributed by atoms with E-state index in [2.05, 4.69) is 4.98 Å². The van der Waals surface area contributed by atoms with Gasteiger partial charge in [-0.05, 0) is 74.5 Å². The highest BCUT2D eigenvalue weighted by molar-refractivity contribution is 7.92. The second-order valence-electron chi connectivity index (χ2n) is 7.77. The summed E-state index contributed by atoms with van der Waals surface area (Å²) in [6, 6.07) is 21.0. The number of benzene rings is 3. The second kappa shape index (κ2) is 9.61. The maximum Gasteiger partial charge on any atom is 0.264 e. The molecule has 0 N–H and O–H groups in total. The van der Waals surface area contributed by atoms with Crippen LogP contribution in [0.4, 0.5) is 5.69 Å². The Morgan fingerprint density at radius 3 is 1.94 bits per heavy atom. The highest BCUT2D eigenvalue weighted by Crippen LogP contribution is 2.30. The van der Waals surface area contributed by atoms with Crippen molar-refractivity contribution in [2.75, 3.05) is 18.5 Å².